The Hall–Kier alpha value is -2.37. The van der Waals surface area contributed by atoms with Crippen molar-refractivity contribution in [2.45, 2.75) is 0 Å². The lowest BCUT2D eigenvalue weighted by atomic mass is 10.3. The summed E-state index contributed by atoms with van der Waals surface area (Å²) in [4.78, 5) is 11.1. The number of nitrogens with two attached hydrogens (primary N) is 2. The highest BCUT2D eigenvalue weighted by Crippen LogP contribution is 2.18. The van der Waals surface area contributed by atoms with Gasteiger partial charge in [0.25, 0.3) is 5.91 Å². The fourth-order valence-corrected chi connectivity index (χ4v) is 1.41. The van der Waals surface area contributed by atoms with Crippen molar-refractivity contribution in [3.8, 4) is 5.69 Å². The SMILES string of the molecule is NC(=O)c1c(N)cnn1-c1ccccc1F. The molecule has 4 N–H and O–H groups in total. The molecule has 0 aliphatic heterocycles. The average molecular weight is 220 g/mol. The van der Waals surface area contributed by atoms with E-state index >= 15 is 0 Å². The van der Waals surface area contributed by atoms with Gasteiger partial charge in [0, 0.05) is 0 Å². The third kappa shape index (κ3) is 1.50. The third-order valence-corrected chi connectivity index (χ3v) is 2.11. The number of primary amides is 1. The number of hydrogen-bond donors (Lipinski definition) is 2. The second kappa shape index (κ2) is 3.65. The highest BCUT2D eigenvalue weighted by molar-refractivity contribution is 5.96. The van der Waals surface area contributed by atoms with Gasteiger partial charge in [0.1, 0.15) is 11.5 Å². The fourth-order valence-electron chi connectivity index (χ4n) is 1.41. The van der Waals surface area contributed by atoms with Gasteiger partial charge in [-0.3, -0.25) is 4.79 Å². The number of nitrogen functional groups attached to an aromatic ring is 1. The number of para-hydroxylation sites is 1. The van der Waals surface area contributed by atoms with Crippen molar-refractivity contribution in [1.82, 2.24) is 9.78 Å². The van der Waals surface area contributed by atoms with E-state index in [0.717, 1.165) is 4.68 Å². The molecule has 0 spiro atoms. The van der Waals surface area contributed by atoms with E-state index in [1.54, 1.807) is 6.07 Å². The van der Waals surface area contributed by atoms with E-state index < -0.39 is 11.7 Å². The molecule has 1 aromatic carbocycles. The van der Waals surface area contributed by atoms with Crippen LogP contribution >= 0.6 is 0 Å². The van der Waals surface area contributed by atoms with Crippen LogP contribution in [0.4, 0.5) is 10.1 Å². The van der Waals surface area contributed by atoms with Gasteiger partial charge in [-0.15, -0.1) is 0 Å². The molecule has 0 radical (unpaired) electrons. The lowest BCUT2D eigenvalue weighted by Crippen LogP contribution is -2.18. The molecule has 16 heavy (non-hydrogen) atoms. The first kappa shape index (κ1) is 10.2. The molecule has 0 unspecified atom stereocenters. The second-order valence-corrected chi connectivity index (χ2v) is 3.18. The number of aromatic nitrogens is 2. The first-order chi connectivity index (χ1) is 7.61. The average Bonchev–Trinajstić information content (AvgIpc) is 2.61. The molecule has 1 amide bonds. The van der Waals surface area contributed by atoms with Gasteiger partial charge in [0.05, 0.1) is 11.9 Å². The Morgan fingerprint density at radius 1 is 1.38 bits per heavy atom. The highest BCUT2D eigenvalue weighted by atomic mass is 19.1. The van der Waals surface area contributed by atoms with E-state index in [1.807, 2.05) is 0 Å². The molecule has 1 heterocycles. The molecule has 0 atom stereocenters. The number of rotatable bonds is 2. The molecule has 6 heteroatoms. The van der Waals surface area contributed by atoms with Crippen LogP contribution in [0.5, 0.6) is 0 Å². The van der Waals surface area contributed by atoms with Gasteiger partial charge in [0.2, 0.25) is 0 Å². The van der Waals surface area contributed by atoms with Crippen LogP contribution in [0, 0.1) is 5.82 Å². The predicted molar refractivity (Wildman–Crippen MR) is 56.5 cm³/mol. The van der Waals surface area contributed by atoms with Gasteiger partial charge < -0.3 is 11.5 Å². The topological polar surface area (TPSA) is 86.9 Å². The van der Waals surface area contributed by atoms with Crippen LogP contribution in [-0.4, -0.2) is 15.7 Å². The minimum atomic E-state index is -0.752. The number of anilines is 1. The molecule has 1 aromatic heterocycles. The summed E-state index contributed by atoms with van der Waals surface area (Å²) in [5, 5.41) is 3.82. The van der Waals surface area contributed by atoms with Crippen LogP contribution < -0.4 is 11.5 Å². The monoisotopic (exact) mass is 220 g/mol. The summed E-state index contributed by atoms with van der Waals surface area (Å²) < 4.78 is 14.6. The fraction of sp³-hybridized carbons (Fsp3) is 0. The van der Waals surface area contributed by atoms with E-state index in [-0.39, 0.29) is 17.1 Å². The smallest absolute Gasteiger partial charge is 0.269 e. The van der Waals surface area contributed by atoms with E-state index in [9.17, 15) is 9.18 Å². The normalized spacial score (nSPS) is 10.3. The number of nitrogens with zero attached hydrogens (tertiary/aromatic N) is 2. The lowest BCUT2D eigenvalue weighted by molar-refractivity contribution is 0.0993. The van der Waals surface area contributed by atoms with Crippen LogP contribution in [0.2, 0.25) is 0 Å². The number of carbonyl (C=O) groups excluding carboxylic acids is 1. The van der Waals surface area contributed by atoms with Gasteiger partial charge in [-0.25, -0.2) is 9.07 Å². The minimum Gasteiger partial charge on any atom is -0.396 e. The molecule has 0 bridgehead atoms. The van der Waals surface area contributed by atoms with E-state index in [4.69, 9.17) is 11.5 Å². The summed E-state index contributed by atoms with van der Waals surface area (Å²) in [7, 11) is 0. The van der Waals surface area contributed by atoms with Gasteiger partial charge in [0.15, 0.2) is 5.69 Å². The summed E-state index contributed by atoms with van der Waals surface area (Å²) in [5.41, 5.74) is 10.9. The standard InChI is InChI=1S/C10H9FN4O/c11-6-3-1-2-4-8(6)15-9(10(13)16)7(12)5-14-15/h1-5H,12H2,(H2,13,16). The highest BCUT2D eigenvalue weighted by Gasteiger charge is 2.16. The number of halogens is 1. The Balaban J connectivity index is 2.66. The summed E-state index contributed by atoms with van der Waals surface area (Å²) in [6.45, 7) is 0. The quantitative estimate of drug-likeness (QED) is 0.780. The first-order valence-corrected chi connectivity index (χ1v) is 4.49. The van der Waals surface area contributed by atoms with Crippen molar-refractivity contribution in [3.63, 3.8) is 0 Å². The second-order valence-electron chi connectivity index (χ2n) is 3.18. The van der Waals surface area contributed by atoms with E-state index in [0.29, 0.717) is 0 Å². The number of hydrogen-bond acceptors (Lipinski definition) is 3. The zero-order valence-electron chi connectivity index (χ0n) is 8.22. The number of benzene rings is 1. The maximum atomic E-state index is 13.5. The van der Waals surface area contributed by atoms with Crippen molar-refractivity contribution < 1.29 is 9.18 Å². The van der Waals surface area contributed by atoms with Crippen LogP contribution in [0.1, 0.15) is 10.5 Å². The molecular weight excluding hydrogens is 211 g/mol. The van der Waals surface area contributed by atoms with Crippen molar-refractivity contribution in [2.75, 3.05) is 5.73 Å². The molecule has 2 rings (SSSR count). The van der Waals surface area contributed by atoms with Crippen LogP contribution in [0.15, 0.2) is 30.5 Å². The van der Waals surface area contributed by atoms with Crippen LogP contribution in [0.25, 0.3) is 5.69 Å². The Morgan fingerprint density at radius 2 is 2.06 bits per heavy atom. The molecule has 5 nitrogen and oxygen atoms in total. The Kier molecular flexibility index (Phi) is 2.32. The molecule has 0 saturated carbocycles. The largest absolute Gasteiger partial charge is 0.396 e. The van der Waals surface area contributed by atoms with Crippen molar-refractivity contribution >= 4 is 11.6 Å². The number of amides is 1. The molecule has 2 aromatic rings. The first-order valence-electron chi connectivity index (χ1n) is 4.49. The minimum absolute atomic E-state index is 0.0231. The zero-order chi connectivity index (χ0) is 11.7. The molecule has 0 saturated heterocycles. The maximum Gasteiger partial charge on any atom is 0.269 e. The molecule has 0 aliphatic carbocycles. The molecule has 0 aliphatic rings. The van der Waals surface area contributed by atoms with Crippen molar-refractivity contribution in [3.05, 3.63) is 42.0 Å². The van der Waals surface area contributed by atoms with Gasteiger partial charge >= 0.3 is 0 Å². The van der Waals surface area contributed by atoms with Crippen LogP contribution in [0.3, 0.4) is 0 Å². The zero-order valence-corrected chi connectivity index (χ0v) is 8.22. The summed E-state index contributed by atoms with van der Waals surface area (Å²) in [6.07, 6.45) is 1.26. The predicted octanol–water partition coefficient (Wildman–Crippen LogP) is 0.692. The molecule has 0 fully saturated rings. The van der Waals surface area contributed by atoms with Crippen LogP contribution in [-0.2, 0) is 0 Å². The molecular formula is C10H9FN4O. The Labute approximate surface area is 90.5 Å². The van der Waals surface area contributed by atoms with Crippen molar-refractivity contribution in [2.24, 2.45) is 5.73 Å². The summed E-state index contributed by atoms with van der Waals surface area (Å²) in [5.74, 6) is -1.26. The van der Waals surface area contributed by atoms with Crippen molar-refractivity contribution in [1.29, 1.82) is 0 Å². The summed E-state index contributed by atoms with van der Waals surface area (Å²) in [6, 6.07) is 5.91. The van der Waals surface area contributed by atoms with E-state index in [2.05, 4.69) is 5.10 Å². The van der Waals surface area contributed by atoms with Gasteiger partial charge in [-0.05, 0) is 12.1 Å². The lowest BCUT2D eigenvalue weighted by Gasteiger charge is -2.05. The third-order valence-electron chi connectivity index (χ3n) is 2.11. The molecule has 82 valence electrons. The van der Waals surface area contributed by atoms with Gasteiger partial charge in [-0.2, -0.15) is 5.10 Å². The maximum absolute atomic E-state index is 13.5. The van der Waals surface area contributed by atoms with E-state index in [1.165, 1.54) is 24.4 Å². The number of carbonyl (C=O) groups is 1. The Morgan fingerprint density at radius 3 is 2.69 bits per heavy atom. The summed E-state index contributed by atoms with van der Waals surface area (Å²) >= 11 is 0. The van der Waals surface area contributed by atoms with Gasteiger partial charge in [-0.1, -0.05) is 12.1 Å². The Bertz CT molecular complexity index is 550.